The van der Waals surface area contributed by atoms with E-state index in [2.05, 4.69) is 271 Å². The van der Waals surface area contributed by atoms with Crippen LogP contribution in [0.5, 0.6) is 0 Å². The molecule has 0 aromatic heterocycles. The number of nitrogens with two attached hydrogens (primary N) is 3. The molecule has 0 fully saturated rings. The van der Waals surface area contributed by atoms with Crippen LogP contribution in [0.2, 0.25) is 0 Å². The molecule has 0 radical (unpaired) electrons. The number of carbonyl (C=O) groups is 1. The van der Waals surface area contributed by atoms with Crippen molar-refractivity contribution in [2.24, 2.45) is 70.5 Å². The molecule has 4 aromatic carbocycles. The van der Waals surface area contributed by atoms with Crippen molar-refractivity contribution in [1.29, 1.82) is 5.41 Å². The molecule has 5 nitrogen and oxygen atoms in total. The highest BCUT2D eigenvalue weighted by Gasteiger charge is 2.04. The molecule has 0 bridgehead atoms. The van der Waals surface area contributed by atoms with E-state index in [4.69, 9.17) is 22.6 Å². The Kier molecular flexibility index (Phi) is 103. The lowest BCUT2D eigenvalue weighted by Crippen LogP contribution is -2.09. The zero-order chi connectivity index (χ0) is 78.2. The first-order chi connectivity index (χ1) is 47.7. The molecule has 0 spiro atoms. The molecular formula is C100H196N4O. The van der Waals surface area contributed by atoms with Gasteiger partial charge in [0, 0.05) is 18.7 Å². The summed E-state index contributed by atoms with van der Waals surface area (Å²) in [5.74, 6) is 7.79. The molecule has 0 saturated carbocycles. The van der Waals surface area contributed by atoms with E-state index >= 15 is 0 Å². The topological polar surface area (TPSA) is 119 Å². The van der Waals surface area contributed by atoms with Crippen LogP contribution in [0.4, 0.5) is 0 Å². The highest BCUT2D eigenvalue weighted by molar-refractivity contribution is 5.78. The predicted octanol–water partition coefficient (Wildman–Crippen LogP) is 32.3. The van der Waals surface area contributed by atoms with Crippen molar-refractivity contribution in [3.05, 3.63) is 142 Å². The van der Waals surface area contributed by atoms with Gasteiger partial charge in [0.1, 0.15) is 0 Å². The molecule has 0 heterocycles. The minimum Gasteiger partial charge on any atom is -0.370 e. The van der Waals surface area contributed by atoms with Gasteiger partial charge in [0.15, 0.2) is 0 Å². The minimum atomic E-state index is -0.185. The largest absolute Gasteiger partial charge is 0.370 e. The number of benzene rings is 4. The van der Waals surface area contributed by atoms with Gasteiger partial charge in [-0.2, -0.15) is 0 Å². The number of unbranched alkanes of at least 4 members (excludes halogenated alkanes) is 11. The molecule has 622 valence electrons. The monoisotopic (exact) mass is 1470 g/mol. The quantitative estimate of drug-likeness (QED) is 0.0263. The Hall–Kier alpha value is -4.06. The van der Waals surface area contributed by atoms with Crippen LogP contribution in [0, 0.1) is 58.7 Å². The maximum Gasteiger partial charge on any atom is 0.217 e. The van der Waals surface area contributed by atoms with E-state index in [1.165, 1.54) is 192 Å². The van der Waals surface area contributed by atoms with Crippen molar-refractivity contribution >= 4 is 11.6 Å². The number of aryl methyl sites for hydroxylation is 3. The third kappa shape index (κ3) is 102. The van der Waals surface area contributed by atoms with Crippen molar-refractivity contribution < 1.29 is 4.79 Å². The van der Waals surface area contributed by atoms with Gasteiger partial charge in [-0.3, -0.25) is 4.79 Å². The SMILES string of the molecule is C.C.C.C.CC(=N)CCCCCC(C)C.CC(C)CCCC(N)=O.CC(C)CCCCN.CC(C)Cc1ccccc1CN.CCCCC(C)C.CCCCCCC(C)C.CCCCCCCC(C)C.CCc1ccc(C(C)C)cc1.CCc1ccc(CC(C)C)cc1.CCc1cccc(CC(C)C)c1. The zero-order valence-corrected chi connectivity index (χ0v) is 73.0. The molecule has 4 rings (SSSR count). The summed E-state index contributed by atoms with van der Waals surface area (Å²) in [6.07, 6.45) is 39.3. The zero-order valence-electron chi connectivity index (χ0n) is 73.0. The van der Waals surface area contributed by atoms with Crippen molar-refractivity contribution in [2.45, 2.75) is 428 Å². The molecule has 0 atom stereocenters. The summed E-state index contributed by atoms with van der Waals surface area (Å²) in [5, 5.41) is 7.21. The fourth-order valence-corrected chi connectivity index (χ4v) is 10.6. The summed E-state index contributed by atoms with van der Waals surface area (Å²) >= 11 is 0. The average molecular weight is 1470 g/mol. The molecule has 105 heavy (non-hydrogen) atoms. The summed E-state index contributed by atoms with van der Waals surface area (Å²) in [5.41, 5.74) is 28.1. The van der Waals surface area contributed by atoms with Crippen molar-refractivity contribution in [3.63, 3.8) is 0 Å². The minimum absolute atomic E-state index is 0. The third-order valence-corrected chi connectivity index (χ3v) is 17.1. The first kappa shape index (κ1) is 122. The fraction of sp³-hybridized carbons (Fsp3) is 0.740. The van der Waals surface area contributed by atoms with E-state index < -0.39 is 0 Å². The predicted molar refractivity (Wildman–Crippen MR) is 492 cm³/mol. The van der Waals surface area contributed by atoms with Crippen LogP contribution in [-0.4, -0.2) is 18.2 Å². The van der Waals surface area contributed by atoms with Crippen LogP contribution in [0.25, 0.3) is 0 Å². The number of hydrogen-bond donors (Lipinski definition) is 4. The van der Waals surface area contributed by atoms with Gasteiger partial charge in [0.25, 0.3) is 0 Å². The molecule has 0 saturated heterocycles. The number of hydrogen-bond acceptors (Lipinski definition) is 4. The summed E-state index contributed by atoms with van der Waals surface area (Å²) in [6.45, 7) is 61.7. The van der Waals surface area contributed by atoms with Crippen LogP contribution in [-0.2, 0) is 49.9 Å². The first-order valence-corrected chi connectivity index (χ1v) is 42.3. The second-order valence-electron chi connectivity index (χ2n) is 32.9. The smallest absolute Gasteiger partial charge is 0.217 e. The molecule has 7 N–H and O–H groups in total. The number of amides is 1. The van der Waals surface area contributed by atoms with Crippen molar-refractivity contribution in [3.8, 4) is 0 Å². The van der Waals surface area contributed by atoms with Gasteiger partial charge < -0.3 is 22.6 Å². The van der Waals surface area contributed by atoms with Gasteiger partial charge in [-0.1, -0.05) is 435 Å². The molecular weight excluding hydrogens is 1270 g/mol. The van der Waals surface area contributed by atoms with E-state index in [0.29, 0.717) is 30.7 Å². The Labute approximate surface area is 664 Å². The highest BCUT2D eigenvalue weighted by atomic mass is 16.1. The van der Waals surface area contributed by atoms with Crippen molar-refractivity contribution in [1.82, 2.24) is 0 Å². The van der Waals surface area contributed by atoms with Crippen LogP contribution in [0.1, 0.15) is 428 Å². The van der Waals surface area contributed by atoms with Crippen LogP contribution < -0.4 is 17.2 Å². The standard InChI is InChI=1S/2C12H18.C11H17N.C11H16.C10H21N.C10H22.C9H20.C7H15NO.C7H17N.C7H16.4CH4/c1-4-11-5-7-12(8-6-11)9-10(2)3;1-4-11-6-5-7-12(9-11)8-10(2)3;1-9(2)7-10-5-3-4-6-11(10)8-12;1-4-10-5-7-11(8-6-10)9(2)3;1-9(2)7-5-4-6-8-10(3)11;1-4-5-6-7-8-9-10(2)3;1-4-5-6-7-8-9(2)3;1-6(2)4-3-5-7(8)9;1-7(2)5-3-4-6-8;1-4-5-6-7(2)3;;;;/h5-8,10H,4,9H2,1-3H3;5-7,9-10H,4,8H2,1-3H3;3-6,9H,7-8,12H2,1-2H3;5-9H,4H2,1-3H3;9,11H,4-8H2,1-3H3;10H,4-9H2,1-3H3;9H,4-8H2,1-3H3;6H,3-5H2,1-2H3,(H2,8,9);7H,3-6,8H2,1-2H3;7H,4-6H2,1-3H3;4*1H4. The van der Waals surface area contributed by atoms with E-state index in [-0.39, 0.29) is 35.6 Å². The van der Waals surface area contributed by atoms with E-state index in [0.717, 1.165) is 98.6 Å². The summed E-state index contributed by atoms with van der Waals surface area (Å²) in [7, 11) is 0. The Morgan fingerprint density at radius 3 is 1.01 bits per heavy atom. The first-order valence-electron chi connectivity index (χ1n) is 42.3. The van der Waals surface area contributed by atoms with E-state index in [1.807, 2.05) is 13.0 Å². The Balaban J connectivity index is -0.000000119. The highest BCUT2D eigenvalue weighted by Crippen LogP contribution is 2.18. The van der Waals surface area contributed by atoms with Crippen molar-refractivity contribution in [2.75, 3.05) is 6.54 Å². The fourth-order valence-electron chi connectivity index (χ4n) is 10.6. The van der Waals surface area contributed by atoms with Gasteiger partial charge in [-0.05, 0) is 181 Å². The second-order valence-corrected chi connectivity index (χ2v) is 32.9. The van der Waals surface area contributed by atoms with Gasteiger partial charge in [0.05, 0.1) is 0 Å². The van der Waals surface area contributed by atoms with Gasteiger partial charge in [0.2, 0.25) is 5.91 Å². The number of rotatable bonds is 39. The summed E-state index contributed by atoms with van der Waals surface area (Å²) < 4.78 is 0. The molecule has 0 aliphatic heterocycles. The summed E-state index contributed by atoms with van der Waals surface area (Å²) in [4.78, 5) is 10.2. The molecule has 0 aliphatic carbocycles. The van der Waals surface area contributed by atoms with Gasteiger partial charge in [-0.25, -0.2) is 0 Å². The van der Waals surface area contributed by atoms with Crippen LogP contribution in [0.3, 0.4) is 0 Å². The number of carbonyl (C=O) groups excluding carboxylic acids is 1. The van der Waals surface area contributed by atoms with Crippen LogP contribution >= 0.6 is 0 Å². The lowest BCUT2D eigenvalue weighted by molar-refractivity contribution is -0.118. The second kappa shape index (κ2) is 88.8. The Morgan fingerprint density at radius 2 is 0.667 bits per heavy atom. The Bertz CT molecular complexity index is 2280. The lowest BCUT2D eigenvalue weighted by atomic mass is 9.98. The maximum atomic E-state index is 10.2. The third-order valence-electron chi connectivity index (χ3n) is 17.1. The lowest BCUT2D eigenvalue weighted by Gasteiger charge is -2.09. The molecule has 0 unspecified atom stereocenters. The molecule has 4 aromatic rings. The number of primary amides is 1. The normalized spacial score (nSPS) is 10.2. The Morgan fingerprint density at radius 1 is 0.333 bits per heavy atom. The number of nitrogens with one attached hydrogen (secondary N) is 1. The molecule has 1 amide bonds. The van der Waals surface area contributed by atoms with E-state index in [1.54, 1.807) is 0 Å². The maximum absolute atomic E-state index is 10.2. The van der Waals surface area contributed by atoms with Gasteiger partial charge in [-0.15, -0.1) is 0 Å². The van der Waals surface area contributed by atoms with E-state index in [9.17, 15) is 4.79 Å². The van der Waals surface area contributed by atoms with Gasteiger partial charge >= 0.3 is 0 Å². The molecule has 5 heteroatoms. The summed E-state index contributed by atoms with van der Waals surface area (Å²) in [6, 6.07) is 35.2. The average Bonchev–Trinajstić information content (AvgIpc) is 0.934. The van der Waals surface area contributed by atoms with Crippen LogP contribution in [0.15, 0.2) is 97.1 Å². The molecule has 0 aliphatic rings.